The van der Waals surface area contributed by atoms with Crippen LogP contribution in [0.4, 0.5) is 0 Å². The molecule has 0 unspecified atom stereocenters. The molecule has 0 spiro atoms. The van der Waals surface area contributed by atoms with Crippen molar-refractivity contribution < 1.29 is 9.53 Å². The van der Waals surface area contributed by atoms with E-state index in [1.165, 1.54) is 5.56 Å². The predicted octanol–water partition coefficient (Wildman–Crippen LogP) is 4.14. The Kier molecular flexibility index (Phi) is 7.12. The van der Waals surface area contributed by atoms with Crippen molar-refractivity contribution in [3.8, 4) is 5.75 Å². The Balaban J connectivity index is 1.96. The minimum absolute atomic E-state index is 0.203. The Morgan fingerprint density at radius 2 is 1.84 bits per heavy atom. The first kappa shape index (κ1) is 19.6. The van der Waals surface area contributed by atoms with Crippen LogP contribution in [0.25, 0.3) is 0 Å². The van der Waals surface area contributed by atoms with Crippen LogP contribution in [-0.2, 0) is 17.9 Å². The number of hydrogen-bond acceptors (Lipinski definition) is 3. The maximum atomic E-state index is 12.3. The summed E-state index contributed by atoms with van der Waals surface area (Å²) in [6.45, 7) is 2.95. The zero-order valence-electron chi connectivity index (χ0n) is 14.6. The summed E-state index contributed by atoms with van der Waals surface area (Å²) in [6, 6.07) is 13.0. The summed E-state index contributed by atoms with van der Waals surface area (Å²) in [6.07, 6.45) is -0.667. The molecule has 0 aromatic heterocycles. The SMILES string of the molecule is C[C@@H](Oc1ccc(Cl)cc1Cl)C(=O)NCc1ccccc1CN(C)C. The number of amides is 1. The molecular formula is C19H22Cl2N2O2. The zero-order valence-corrected chi connectivity index (χ0v) is 16.1. The van der Waals surface area contributed by atoms with E-state index in [0.717, 1.165) is 12.1 Å². The number of carbonyl (C=O) groups is 1. The van der Waals surface area contributed by atoms with Gasteiger partial charge in [-0.25, -0.2) is 0 Å². The van der Waals surface area contributed by atoms with E-state index in [-0.39, 0.29) is 5.91 Å². The van der Waals surface area contributed by atoms with Gasteiger partial charge in [0.2, 0.25) is 0 Å². The fraction of sp³-hybridized carbons (Fsp3) is 0.316. The minimum Gasteiger partial charge on any atom is -0.479 e. The summed E-state index contributed by atoms with van der Waals surface area (Å²) in [7, 11) is 4.03. The molecule has 0 aliphatic rings. The highest BCUT2D eigenvalue weighted by atomic mass is 35.5. The standard InChI is InChI=1S/C19H22Cl2N2O2/c1-13(25-18-9-8-16(20)10-17(18)21)19(24)22-11-14-6-4-5-7-15(14)12-23(2)3/h4-10,13H,11-12H2,1-3H3,(H,22,24)/t13-/m1/s1. The topological polar surface area (TPSA) is 41.6 Å². The van der Waals surface area contributed by atoms with Gasteiger partial charge >= 0.3 is 0 Å². The zero-order chi connectivity index (χ0) is 18.4. The van der Waals surface area contributed by atoms with Crippen molar-refractivity contribution in [2.24, 2.45) is 0 Å². The molecule has 1 N–H and O–H groups in total. The molecule has 2 rings (SSSR count). The van der Waals surface area contributed by atoms with E-state index in [4.69, 9.17) is 27.9 Å². The van der Waals surface area contributed by atoms with Gasteiger partial charge in [0.05, 0.1) is 5.02 Å². The van der Waals surface area contributed by atoms with Crippen LogP contribution in [-0.4, -0.2) is 31.0 Å². The molecule has 1 atom stereocenters. The lowest BCUT2D eigenvalue weighted by Gasteiger charge is -2.17. The Labute approximate surface area is 158 Å². The number of benzene rings is 2. The summed E-state index contributed by atoms with van der Waals surface area (Å²) in [5, 5.41) is 3.81. The predicted molar refractivity (Wildman–Crippen MR) is 102 cm³/mol. The number of halogens is 2. The molecule has 0 aliphatic heterocycles. The molecule has 2 aromatic rings. The second kappa shape index (κ2) is 9.09. The van der Waals surface area contributed by atoms with Crippen molar-refractivity contribution in [3.05, 3.63) is 63.6 Å². The van der Waals surface area contributed by atoms with E-state index in [1.54, 1.807) is 25.1 Å². The summed E-state index contributed by atoms with van der Waals surface area (Å²) in [5.74, 6) is 0.229. The summed E-state index contributed by atoms with van der Waals surface area (Å²) in [5.41, 5.74) is 2.27. The van der Waals surface area contributed by atoms with Crippen molar-refractivity contribution >= 4 is 29.1 Å². The second-order valence-electron chi connectivity index (χ2n) is 6.06. The molecule has 134 valence electrons. The molecule has 0 heterocycles. The van der Waals surface area contributed by atoms with Crippen molar-refractivity contribution in [2.75, 3.05) is 14.1 Å². The minimum atomic E-state index is -0.667. The van der Waals surface area contributed by atoms with Gasteiger partial charge in [0, 0.05) is 18.1 Å². The smallest absolute Gasteiger partial charge is 0.261 e. The first-order valence-corrected chi connectivity index (χ1v) is 8.73. The van der Waals surface area contributed by atoms with Crippen LogP contribution in [0.5, 0.6) is 5.75 Å². The van der Waals surface area contributed by atoms with Crippen LogP contribution >= 0.6 is 23.2 Å². The molecule has 6 heteroatoms. The number of ether oxygens (including phenoxy) is 1. The molecule has 2 aromatic carbocycles. The molecule has 0 bridgehead atoms. The molecule has 0 aliphatic carbocycles. The highest BCUT2D eigenvalue weighted by molar-refractivity contribution is 6.35. The van der Waals surface area contributed by atoms with Gasteiger partial charge in [0.25, 0.3) is 5.91 Å². The van der Waals surface area contributed by atoms with Gasteiger partial charge in [-0.15, -0.1) is 0 Å². The van der Waals surface area contributed by atoms with Crippen LogP contribution in [0.1, 0.15) is 18.1 Å². The second-order valence-corrected chi connectivity index (χ2v) is 6.90. The Hall–Kier alpha value is -1.75. The Morgan fingerprint density at radius 3 is 2.48 bits per heavy atom. The highest BCUT2D eigenvalue weighted by Gasteiger charge is 2.16. The molecule has 1 amide bonds. The summed E-state index contributed by atoms with van der Waals surface area (Å²) < 4.78 is 5.63. The lowest BCUT2D eigenvalue weighted by Crippen LogP contribution is -2.36. The van der Waals surface area contributed by atoms with Gasteiger partial charge in [-0.3, -0.25) is 4.79 Å². The molecule has 0 fully saturated rings. The average molecular weight is 381 g/mol. The maximum absolute atomic E-state index is 12.3. The Morgan fingerprint density at radius 1 is 1.16 bits per heavy atom. The number of nitrogens with one attached hydrogen (secondary N) is 1. The van der Waals surface area contributed by atoms with E-state index in [0.29, 0.717) is 22.3 Å². The monoisotopic (exact) mass is 380 g/mol. The van der Waals surface area contributed by atoms with E-state index >= 15 is 0 Å². The van der Waals surface area contributed by atoms with E-state index in [9.17, 15) is 4.79 Å². The fourth-order valence-electron chi connectivity index (χ4n) is 2.37. The molecule has 0 saturated carbocycles. The normalized spacial score (nSPS) is 12.1. The van der Waals surface area contributed by atoms with Crippen LogP contribution in [0.2, 0.25) is 10.0 Å². The van der Waals surface area contributed by atoms with Gasteiger partial charge in [-0.1, -0.05) is 47.5 Å². The van der Waals surface area contributed by atoms with E-state index in [1.807, 2.05) is 32.3 Å². The number of carbonyl (C=O) groups excluding carboxylic acids is 1. The van der Waals surface area contributed by atoms with Gasteiger partial charge in [-0.2, -0.15) is 0 Å². The average Bonchev–Trinajstić information content (AvgIpc) is 2.55. The van der Waals surface area contributed by atoms with Crippen LogP contribution in [0.3, 0.4) is 0 Å². The van der Waals surface area contributed by atoms with Crippen molar-refractivity contribution in [1.29, 1.82) is 0 Å². The lowest BCUT2D eigenvalue weighted by molar-refractivity contribution is -0.127. The molecule has 0 radical (unpaired) electrons. The van der Waals surface area contributed by atoms with Crippen LogP contribution in [0.15, 0.2) is 42.5 Å². The third kappa shape index (κ3) is 5.92. The number of hydrogen-bond donors (Lipinski definition) is 1. The van der Waals surface area contributed by atoms with Gasteiger partial charge in [-0.05, 0) is 50.3 Å². The van der Waals surface area contributed by atoms with Crippen LogP contribution in [0, 0.1) is 0 Å². The number of rotatable bonds is 7. The van der Waals surface area contributed by atoms with Crippen molar-refractivity contribution in [1.82, 2.24) is 10.2 Å². The first-order valence-electron chi connectivity index (χ1n) is 7.97. The highest BCUT2D eigenvalue weighted by Crippen LogP contribution is 2.28. The van der Waals surface area contributed by atoms with E-state index in [2.05, 4.69) is 16.3 Å². The summed E-state index contributed by atoms with van der Waals surface area (Å²) in [4.78, 5) is 14.4. The third-order valence-corrected chi connectivity index (χ3v) is 4.16. The fourth-order valence-corrected chi connectivity index (χ4v) is 2.82. The largest absolute Gasteiger partial charge is 0.479 e. The lowest BCUT2D eigenvalue weighted by atomic mass is 10.1. The van der Waals surface area contributed by atoms with Gasteiger partial charge < -0.3 is 15.0 Å². The molecular weight excluding hydrogens is 359 g/mol. The summed E-state index contributed by atoms with van der Waals surface area (Å²) >= 11 is 11.9. The van der Waals surface area contributed by atoms with Crippen molar-refractivity contribution in [3.63, 3.8) is 0 Å². The molecule has 4 nitrogen and oxygen atoms in total. The maximum Gasteiger partial charge on any atom is 0.261 e. The molecule has 25 heavy (non-hydrogen) atoms. The van der Waals surface area contributed by atoms with Crippen LogP contribution < -0.4 is 10.1 Å². The van der Waals surface area contributed by atoms with Gasteiger partial charge in [0.15, 0.2) is 6.10 Å². The van der Waals surface area contributed by atoms with Crippen molar-refractivity contribution in [2.45, 2.75) is 26.1 Å². The Bertz CT molecular complexity index is 735. The van der Waals surface area contributed by atoms with E-state index < -0.39 is 6.10 Å². The quantitative estimate of drug-likeness (QED) is 0.784. The van der Waals surface area contributed by atoms with Gasteiger partial charge in [0.1, 0.15) is 5.75 Å². The third-order valence-electron chi connectivity index (χ3n) is 3.62. The molecule has 0 saturated heterocycles. The number of nitrogens with zero attached hydrogens (tertiary/aromatic N) is 1. The first-order chi connectivity index (χ1) is 11.9.